The molecule has 2 amide bonds. The minimum Gasteiger partial charge on any atom is -0.490 e. The largest absolute Gasteiger partial charge is 0.490 e. The number of halogens is 6. The van der Waals surface area contributed by atoms with Gasteiger partial charge in [-0.25, -0.2) is 0 Å². The predicted molar refractivity (Wildman–Crippen MR) is 169 cm³/mol. The van der Waals surface area contributed by atoms with E-state index in [1.54, 1.807) is 6.92 Å². The lowest BCUT2D eigenvalue weighted by molar-refractivity contribution is -0.142. The highest BCUT2D eigenvalue weighted by Crippen LogP contribution is 2.31. The summed E-state index contributed by atoms with van der Waals surface area (Å²) in [5.41, 5.74) is 0.174. The van der Waals surface area contributed by atoms with Crippen LogP contribution in [-0.4, -0.2) is 84.5 Å². The Morgan fingerprint density at radius 3 is 2.40 bits per heavy atom. The van der Waals surface area contributed by atoms with Crippen molar-refractivity contribution in [3.05, 3.63) is 59.2 Å². The molecule has 0 unspecified atom stereocenters. The summed E-state index contributed by atoms with van der Waals surface area (Å²) in [5, 5.41) is 12.5. The van der Waals surface area contributed by atoms with Gasteiger partial charge in [0.15, 0.2) is 0 Å². The quantitative estimate of drug-likeness (QED) is 0.278. The van der Waals surface area contributed by atoms with Crippen LogP contribution < -0.4 is 10.1 Å². The highest BCUT2D eigenvalue weighted by molar-refractivity contribution is 5.99. The third-order valence-corrected chi connectivity index (χ3v) is 8.20. The van der Waals surface area contributed by atoms with Gasteiger partial charge in [0.2, 0.25) is 5.91 Å². The summed E-state index contributed by atoms with van der Waals surface area (Å²) in [6.07, 6.45) is -9.55. The maximum atomic E-state index is 14.2. The van der Waals surface area contributed by atoms with Crippen molar-refractivity contribution in [3.8, 4) is 5.75 Å². The lowest BCUT2D eigenvalue weighted by Gasteiger charge is -2.36. The number of hydrogen-bond acceptors (Lipinski definition) is 6. The number of nitrogens with zero attached hydrogens (tertiary/aromatic N) is 2. The molecule has 4 atom stereocenters. The Hall–Kier alpha value is -3.36. The molecule has 0 aromatic heterocycles. The van der Waals surface area contributed by atoms with Gasteiger partial charge in [-0.1, -0.05) is 19.1 Å². The van der Waals surface area contributed by atoms with Crippen molar-refractivity contribution < 1.29 is 50.5 Å². The number of hydrogen-bond donors (Lipinski definition) is 2. The molecule has 2 aromatic rings. The average Bonchev–Trinajstić information content (AvgIpc) is 3.01. The van der Waals surface area contributed by atoms with Crippen LogP contribution in [0.25, 0.3) is 0 Å². The SMILES string of the molecule is C[C@H]1CCCCO[C@H](CN(C)Cc2ccc(C(F)(F)F)cc2)[C@@H](C)CN([C@@H](C)CO)C(=O)c2cc(NC(=O)CCC(F)(F)F)ccc2O1. The number of fused-ring (bicyclic) bond motifs is 1. The smallest absolute Gasteiger partial charge is 0.416 e. The van der Waals surface area contributed by atoms with Crippen LogP contribution in [-0.2, 0) is 22.3 Å². The summed E-state index contributed by atoms with van der Waals surface area (Å²) in [6, 6.07) is 8.66. The number of carbonyl (C=O) groups is 2. The normalized spacial score (nSPS) is 20.9. The molecule has 14 heteroatoms. The van der Waals surface area contributed by atoms with E-state index in [-0.39, 0.29) is 48.3 Å². The first-order valence-corrected chi connectivity index (χ1v) is 16.0. The molecule has 48 heavy (non-hydrogen) atoms. The Morgan fingerprint density at radius 1 is 1.08 bits per heavy atom. The maximum absolute atomic E-state index is 14.2. The Balaban J connectivity index is 1.86. The van der Waals surface area contributed by atoms with Crippen LogP contribution in [0, 0.1) is 5.92 Å². The maximum Gasteiger partial charge on any atom is 0.416 e. The highest BCUT2D eigenvalue weighted by atomic mass is 19.4. The van der Waals surface area contributed by atoms with Crippen molar-refractivity contribution in [1.82, 2.24) is 9.80 Å². The van der Waals surface area contributed by atoms with Crippen LogP contribution in [0.2, 0.25) is 0 Å². The number of aliphatic hydroxyl groups is 1. The van der Waals surface area contributed by atoms with Crippen molar-refractivity contribution in [2.24, 2.45) is 5.92 Å². The minimum atomic E-state index is -4.49. The van der Waals surface area contributed by atoms with Crippen molar-refractivity contribution in [2.45, 2.75) is 90.0 Å². The summed E-state index contributed by atoms with van der Waals surface area (Å²) in [7, 11) is 1.83. The zero-order valence-corrected chi connectivity index (χ0v) is 27.7. The summed E-state index contributed by atoms with van der Waals surface area (Å²) >= 11 is 0. The summed E-state index contributed by atoms with van der Waals surface area (Å²) in [4.78, 5) is 29.8. The zero-order chi connectivity index (χ0) is 35.6. The molecule has 0 saturated heterocycles. The molecule has 3 rings (SSSR count). The number of nitrogens with one attached hydrogen (secondary N) is 1. The third kappa shape index (κ3) is 12.3. The number of rotatable bonds is 9. The van der Waals surface area contributed by atoms with Crippen LogP contribution >= 0.6 is 0 Å². The number of anilines is 1. The molecule has 2 N–H and O–H groups in total. The van der Waals surface area contributed by atoms with Crippen LogP contribution in [0.1, 0.15) is 74.4 Å². The van der Waals surface area contributed by atoms with Gasteiger partial charge in [-0.05, 0) is 76.1 Å². The number of amides is 2. The molecular weight excluding hydrogens is 644 g/mol. The molecule has 0 bridgehead atoms. The van der Waals surface area contributed by atoms with Crippen LogP contribution in [0.15, 0.2) is 42.5 Å². The van der Waals surface area contributed by atoms with Crippen molar-refractivity contribution >= 4 is 17.5 Å². The Morgan fingerprint density at radius 2 is 1.77 bits per heavy atom. The second kappa shape index (κ2) is 17.3. The van der Waals surface area contributed by atoms with Gasteiger partial charge in [0.1, 0.15) is 5.75 Å². The van der Waals surface area contributed by atoms with Crippen LogP contribution in [0.3, 0.4) is 0 Å². The van der Waals surface area contributed by atoms with E-state index in [0.29, 0.717) is 31.7 Å². The first-order valence-electron chi connectivity index (χ1n) is 16.0. The van der Waals surface area contributed by atoms with Gasteiger partial charge in [-0.15, -0.1) is 0 Å². The van der Waals surface area contributed by atoms with E-state index >= 15 is 0 Å². The van der Waals surface area contributed by atoms with Crippen LogP contribution in [0.4, 0.5) is 32.0 Å². The zero-order valence-electron chi connectivity index (χ0n) is 27.7. The number of alkyl halides is 6. The number of carbonyl (C=O) groups excluding carboxylic acids is 2. The summed E-state index contributed by atoms with van der Waals surface area (Å²) in [5.74, 6) is -1.39. The predicted octanol–water partition coefficient (Wildman–Crippen LogP) is 6.91. The van der Waals surface area contributed by atoms with Crippen molar-refractivity contribution in [1.29, 1.82) is 0 Å². The molecule has 0 radical (unpaired) electrons. The Kier molecular flexibility index (Phi) is 14.1. The Labute approximate surface area is 277 Å². The standard InChI is InChI=1S/C34H45F6N3O5/c1-22-18-43(23(2)21-44)32(46)28-17-27(41-31(45)14-15-33(35,36)37)12-13-29(28)48-24(3)7-5-6-16-47-30(22)20-42(4)19-25-8-10-26(11-9-25)34(38,39)40/h8-13,17,22-24,30,44H,5-7,14-16,18-21H2,1-4H3,(H,41,45)/t22-,23-,24-,30+/m0/s1. The molecule has 0 aliphatic carbocycles. The fourth-order valence-corrected chi connectivity index (χ4v) is 5.42. The molecule has 2 aromatic carbocycles. The summed E-state index contributed by atoms with van der Waals surface area (Å²) in [6.45, 7) is 6.42. The molecule has 0 saturated carbocycles. The summed E-state index contributed by atoms with van der Waals surface area (Å²) < 4.78 is 89.5. The topological polar surface area (TPSA) is 91.3 Å². The van der Waals surface area contributed by atoms with E-state index in [4.69, 9.17) is 9.47 Å². The lowest BCUT2D eigenvalue weighted by Crippen LogP contribution is -2.47. The molecule has 268 valence electrons. The van der Waals surface area contributed by atoms with E-state index < -0.39 is 48.6 Å². The van der Waals surface area contributed by atoms with Gasteiger partial charge < -0.3 is 24.8 Å². The molecule has 1 aliphatic heterocycles. The first-order chi connectivity index (χ1) is 22.5. The fourth-order valence-electron chi connectivity index (χ4n) is 5.42. The van der Waals surface area contributed by atoms with E-state index in [1.807, 2.05) is 25.8 Å². The number of likely N-dealkylation sites (N-methyl/N-ethyl adjacent to an activating group) is 1. The molecule has 0 spiro atoms. The average molecular weight is 690 g/mol. The monoisotopic (exact) mass is 689 g/mol. The van der Waals surface area contributed by atoms with E-state index in [2.05, 4.69) is 5.32 Å². The van der Waals surface area contributed by atoms with Gasteiger partial charge in [0, 0.05) is 44.3 Å². The minimum absolute atomic E-state index is 0.0805. The van der Waals surface area contributed by atoms with Gasteiger partial charge in [-0.2, -0.15) is 26.3 Å². The number of benzene rings is 2. The first kappa shape index (κ1) is 39.1. The van der Waals surface area contributed by atoms with Gasteiger partial charge in [0.05, 0.1) is 42.4 Å². The second-order valence-corrected chi connectivity index (χ2v) is 12.6. The van der Waals surface area contributed by atoms with Gasteiger partial charge in [-0.3, -0.25) is 14.5 Å². The molecular formula is C34H45F6N3O5. The van der Waals surface area contributed by atoms with E-state index in [1.165, 1.54) is 35.2 Å². The van der Waals surface area contributed by atoms with E-state index in [9.17, 15) is 41.0 Å². The van der Waals surface area contributed by atoms with Crippen molar-refractivity contribution in [3.63, 3.8) is 0 Å². The van der Waals surface area contributed by atoms with Crippen molar-refractivity contribution in [2.75, 3.05) is 38.7 Å². The van der Waals surface area contributed by atoms with Gasteiger partial charge >= 0.3 is 12.4 Å². The Bertz CT molecular complexity index is 1340. The van der Waals surface area contributed by atoms with Gasteiger partial charge in [0.25, 0.3) is 5.91 Å². The third-order valence-electron chi connectivity index (χ3n) is 8.20. The molecule has 8 nitrogen and oxygen atoms in total. The van der Waals surface area contributed by atoms with E-state index in [0.717, 1.165) is 25.0 Å². The molecule has 0 fully saturated rings. The molecule has 1 aliphatic rings. The second-order valence-electron chi connectivity index (χ2n) is 12.6. The molecule has 1 heterocycles. The number of ether oxygens (including phenoxy) is 2. The van der Waals surface area contributed by atoms with Crippen LogP contribution in [0.5, 0.6) is 5.75 Å². The number of aliphatic hydroxyl groups excluding tert-OH is 1. The highest BCUT2D eigenvalue weighted by Gasteiger charge is 2.32. The lowest BCUT2D eigenvalue weighted by atomic mass is 10.0. The fraction of sp³-hybridized carbons (Fsp3) is 0.588.